The van der Waals surface area contributed by atoms with Crippen molar-refractivity contribution in [3.63, 3.8) is 0 Å². The van der Waals surface area contributed by atoms with Crippen LogP contribution >= 0.6 is 0 Å². The van der Waals surface area contributed by atoms with Crippen LogP contribution in [0, 0.1) is 5.92 Å². The lowest BCUT2D eigenvalue weighted by Crippen LogP contribution is -2.35. The van der Waals surface area contributed by atoms with Gasteiger partial charge in [-0.3, -0.25) is 9.59 Å². The van der Waals surface area contributed by atoms with Crippen molar-refractivity contribution in [2.45, 2.75) is 32.2 Å². The highest BCUT2D eigenvalue weighted by Gasteiger charge is 2.44. The minimum Gasteiger partial charge on any atom is -0.497 e. The Morgan fingerprint density at radius 2 is 1.96 bits per heavy atom. The Bertz CT molecular complexity index is 554. The van der Waals surface area contributed by atoms with E-state index in [1.54, 1.807) is 26.1 Å². The van der Waals surface area contributed by atoms with Crippen molar-refractivity contribution in [1.82, 2.24) is 9.80 Å². The topological polar surface area (TPSA) is 49.9 Å². The van der Waals surface area contributed by atoms with E-state index in [0.717, 1.165) is 24.2 Å². The van der Waals surface area contributed by atoms with Crippen molar-refractivity contribution in [3.8, 4) is 5.75 Å². The lowest BCUT2D eigenvalue weighted by Gasteiger charge is -2.29. The van der Waals surface area contributed by atoms with E-state index in [4.69, 9.17) is 4.74 Å². The van der Waals surface area contributed by atoms with Gasteiger partial charge in [0, 0.05) is 27.1 Å². The molecule has 2 atom stereocenters. The molecule has 0 radical (unpaired) electrons. The largest absolute Gasteiger partial charge is 0.497 e. The Morgan fingerprint density at radius 3 is 2.48 bits per heavy atom. The van der Waals surface area contributed by atoms with E-state index in [2.05, 4.69) is 6.92 Å². The van der Waals surface area contributed by atoms with Gasteiger partial charge in [0.2, 0.25) is 11.8 Å². The standard InChI is InChI=1S/C18H26N2O3/c1-5-6-11-20-16(21)12-15(18(22)19(2)3)17(20)13-7-9-14(23-4)10-8-13/h7-10,15,17H,5-6,11-12H2,1-4H3. The van der Waals surface area contributed by atoms with Gasteiger partial charge in [0.25, 0.3) is 0 Å². The Morgan fingerprint density at radius 1 is 1.30 bits per heavy atom. The van der Waals surface area contributed by atoms with E-state index in [1.165, 1.54) is 0 Å². The number of methoxy groups -OCH3 is 1. The van der Waals surface area contributed by atoms with E-state index in [-0.39, 0.29) is 30.2 Å². The SMILES string of the molecule is CCCCN1C(=O)CC(C(=O)N(C)C)C1c1ccc(OC)cc1. The highest BCUT2D eigenvalue weighted by Crippen LogP contribution is 2.39. The molecule has 1 fully saturated rings. The third kappa shape index (κ3) is 3.66. The first-order chi connectivity index (χ1) is 11.0. The molecule has 0 saturated carbocycles. The zero-order chi connectivity index (χ0) is 17.0. The van der Waals surface area contributed by atoms with E-state index >= 15 is 0 Å². The average Bonchev–Trinajstić information content (AvgIpc) is 2.88. The summed E-state index contributed by atoms with van der Waals surface area (Å²) in [6, 6.07) is 7.49. The van der Waals surface area contributed by atoms with Crippen LogP contribution in [0.4, 0.5) is 0 Å². The Kier molecular flexibility index (Phi) is 5.64. The number of amides is 2. The van der Waals surface area contributed by atoms with Gasteiger partial charge in [-0.15, -0.1) is 0 Å². The second-order valence-corrected chi connectivity index (χ2v) is 6.20. The lowest BCUT2D eigenvalue weighted by molar-refractivity contribution is -0.134. The molecule has 1 aliphatic rings. The maximum absolute atomic E-state index is 12.5. The summed E-state index contributed by atoms with van der Waals surface area (Å²) in [7, 11) is 5.11. The summed E-state index contributed by atoms with van der Waals surface area (Å²) in [5.41, 5.74) is 0.993. The summed E-state index contributed by atoms with van der Waals surface area (Å²) in [5, 5.41) is 0. The van der Waals surface area contributed by atoms with Crippen LogP contribution in [0.2, 0.25) is 0 Å². The molecule has 126 valence electrons. The van der Waals surface area contributed by atoms with Crippen molar-refractivity contribution in [1.29, 1.82) is 0 Å². The molecular weight excluding hydrogens is 292 g/mol. The predicted molar refractivity (Wildman–Crippen MR) is 89.2 cm³/mol. The van der Waals surface area contributed by atoms with Gasteiger partial charge in [-0.2, -0.15) is 0 Å². The molecule has 1 heterocycles. The molecule has 1 aromatic rings. The molecule has 0 aliphatic carbocycles. The van der Waals surface area contributed by atoms with Crippen LogP contribution in [-0.4, -0.2) is 49.4 Å². The van der Waals surface area contributed by atoms with Crippen molar-refractivity contribution < 1.29 is 14.3 Å². The number of nitrogens with zero attached hydrogens (tertiary/aromatic N) is 2. The number of rotatable bonds is 6. The molecule has 1 aromatic carbocycles. The zero-order valence-electron chi connectivity index (χ0n) is 14.4. The summed E-state index contributed by atoms with van der Waals surface area (Å²) in [5.74, 6) is 0.536. The number of unbranched alkanes of at least 4 members (excludes halogenated alkanes) is 1. The van der Waals surface area contributed by atoms with E-state index in [1.807, 2.05) is 29.2 Å². The fourth-order valence-corrected chi connectivity index (χ4v) is 3.15. The van der Waals surface area contributed by atoms with Crippen molar-refractivity contribution in [2.24, 2.45) is 5.92 Å². The molecule has 0 N–H and O–H groups in total. The second kappa shape index (κ2) is 7.49. The Balaban J connectivity index is 2.35. The molecule has 0 bridgehead atoms. The molecule has 2 amide bonds. The van der Waals surface area contributed by atoms with E-state index in [9.17, 15) is 9.59 Å². The number of hydrogen-bond acceptors (Lipinski definition) is 3. The third-order valence-electron chi connectivity index (χ3n) is 4.40. The van der Waals surface area contributed by atoms with Gasteiger partial charge in [0.05, 0.1) is 19.1 Å². The lowest BCUT2D eigenvalue weighted by atomic mass is 9.92. The van der Waals surface area contributed by atoms with E-state index in [0.29, 0.717) is 6.54 Å². The average molecular weight is 318 g/mol. The fourth-order valence-electron chi connectivity index (χ4n) is 3.15. The minimum atomic E-state index is -0.317. The summed E-state index contributed by atoms with van der Waals surface area (Å²) < 4.78 is 5.20. The van der Waals surface area contributed by atoms with Gasteiger partial charge in [-0.25, -0.2) is 0 Å². The van der Waals surface area contributed by atoms with Gasteiger partial charge in [0.15, 0.2) is 0 Å². The second-order valence-electron chi connectivity index (χ2n) is 6.20. The monoisotopic (exact) mass is 318 g/mol. The maximum atomic E-state index is 12.5. The minimum absolute atomic E-state index is 0.0122. The number of ether oxygens (including phenoxy) is 1. The van der Waals surface area contributed by atoms with Crippen LogP contribution in [0.15, 0.2) is 24.3 Å². The first-order valence-corrected chi connectivity index (χ1v) is 8.14. The zero-order valence-corrected chi connectivity index (χ0v) is 14.4. The van der Waals surface area contributed by atoms with Crippen molar-refractivity contribution in [2.75, 3.05) is 27.7 Å². The summed E-state index contributed by atoms with van der Waals surface area (Å²) >= 11 is 0. The normalized spacial score (nSPS) is 20.7. The van der Waals surface area contributed by atoms with Crippen LogP contribution in [0.3, 0.4) is 0 Å². The Labute approximate surface area is 138 Å². The van der Waals surface area contributed by atoms with Crippen molar-refractivity contribution >= 4 is 11.8 Å². The van der Waals surface area contributed by atoms with Gasteiger partial charge < -0.3 is 14.5 Å². The Hall–Kier alpha value is -2.04. The van der Waals surface area contributed by atoms with E-state index < -0.39 is 0 Å². The number of carbonyl (C=O) groups excluding carboxylic acids is 2. The maximum Gasteiger partial charge on any atom is 0.228 e. The van der Waals surface area contributed by atoms with Gasteiger partial charge in [0.1, 0.15) is 5.75 Å². The number of likely N-dealkylation sites (tertiary alicyclic amines) is 1. The van der Waals surface area contributed by atoms with Crippen molar-refractivity contribution in [3.05, 3.63) is 29.8 Å². The third-order valence-corrected chi connectivity index (χ3v) is 4.40. The first kappa shape index (κ1) is 17.3. The molecule has 5 heteroatoms. The summed E-state index contributed by atoms with van der Waals surface area (Å²) in [6.45, 7) is 2.80. The molecule has 2 unspecified atom stereocenters. The predicted octanol–water partition coefficient (Wildman–Crippen LogP) is 2.47. The highest BCUT2D eigenvalue weighted by molar-refractivity contribution is 5.90. The van der Waals surface area contributed by atoms with Crippen LogP contribution in [0.5, 0.6) is 5.75 Å². The number of benzene rings is 1. The smallest absolute Gasteiger partial charge is 0.228 e. The number of carbonyl (C=O) groups is 2. The quantitative estimate of drug-likeness (QED) is 0.809. The molecule has 2 rings (SSSR count). The molecule has 23 heavy (non-hydrogen) atoms. The molecular formula is C18H26N2O3. The molecule has 1 saturated heterocycles. The van der Waals surface area contributed by atoms with Crippen LogP contribution in [-0.2, 0) is 9.59 Å². The van der Waals surface area contributed by atoms with Crippen LogP contribution in [0.25, 0.3) is 0 Å². The van der Waals surface area contributed by atoms with Gasteiger partial charge >= 0.3 is 0 Å². The molecule has 1 aliphatic heterocycles. The summed E-state index contributed by atoms with van der Waals surface area (Å²) in [4.78, 5) is 28.4. The summed E-state index contributed by atoms with van der Waals surface area (Å²) in [6.07, 6.45) is 2.25. The molecule has 0 aromatic heterocycles. The van der Waals surface area contributed by atoms with Gasteiger partial charge in [-0.05, 0) is 24.1 Å². The molecule has 5 nitrogen and oxygen atoms in total. The molecule has 0 spiro atoms. The van der Waals surface area contributed by atoms with Gasteiger partial charge in [-0.1, -0.05) is 25.5 Å². The fraction of sp³-hybridized carbons (Fsp3) is 0.556. The number of hydrogen-bond donors (Lipinski definition) is 0. The van der Waals surface area contributed by atoms with Crippen LogP contribution < -0.4 is 4.74 Å². The first-order valence-electron chi connectivity index (χ1n) is 8.14. The van der Waals surface area contributed by atoms with Crippen LogP contribution in [0.1, 0.15) is 37.8 Å². The highest BCUT2D eigenvalue weighted by atomic mass is 16.5.